The zero-order valence-corrected chi connectivity index (χ0v) is 19.4. The standard InChI is InChI=1S/C21H28F2N5OPS/c1-2-7-31-21-26-19(25-12-4-5-13(29)9-12)18(24)20(27-21)28(30)17-10-14(17)11-3-6-15(22)16(23)8-11/h3,6,8,12-14,17,29H,2,4-5,7,9-10,24,30H2,1H3,(H,25,26,27)/t12?,13?,14-,17?/m0/s1. The number of anilines is 3. The number of nitrogen functional groups attached to an aromatic ring is 1. The largest absolute Gasteiger partial charge is 0.393 e. The monoisotopic (exact) mass is 467 g/mol. The lowest BCUT2D eigenvalue weighted by molar-refractivity contribution is 0.182. The van der Waals surface area contributed by atoms with E-state index in [0.717, 1.165) is 37.0 Å². The average molecular weight is 468 g/mol. The fraction of sp³-hybridized carbons (Fsp3) is 0.524. The number of nitrogens with two attached hydrogens (primary N) is 1. The summed E-state index contributed by atoms with van der Waals surface area (Å²) in [6, 6.07) is 4.26. The molecule has 0 amide bonds. The summed E-state index contributed by atoms with van der Waals surface area (Å²) in [5, 5.41) is 13.9. The van der Waals surface area contributed by atoms with Gasteiger partial charge in [0.1, 0.15) is 5.69 Å². The second-order valence-electron chi connectivity index (χ2n) is 8.24. The molecule has 0 radical (unpaired) electrons. The normalized spacial score (nSPS) is 24.9. The third kappa shape index (κ3) is 5.04. The molecule has 4 N–H and O–H groups in total. The van der Waals surface area contributed by atoms with Crippen molar-refractivity contribution in [2.24, 2.45) is 0 Å². The quantitative estimate of drug-likeness (QED) is 0.303. The Hall–Kier alpha value is -1.70. The minimum absolute atomic E-state index is 0.0669. The van der Waals surface area contributed by atoms with Crippen LogP contribution in [0.4, 0.5) is 26.1 Å². The van der Waals surface area contributed by atoms with E-state index in [4.69, 9.17) is 5.73 Å². The number of aliphatic hydroxyl groups excluding tert-OH is 1. The number of benzene rings is 1. The SMILES string of the molecule is CCCSc1nc(NC2CCC(O)C2)c(N)c(N(P)C2C[C@H]2c2ccc(F)c(F)c2)n1. The summed E-state index contributed by atoms with van der Waals surface area (Å²) in [5.74, 6) is 0.491. The molecule has 4 rings (SSSR count). The van der Waals surface area contributed by atoms with Gasteiger partial charge in [0.05, 0.1) is 6.10 Å². The molecule has 31 heavy (non-hydrogen) atoms. The first-order valence-corrected chi connectivity index (χ1v) is 12.1. The van der Waals surface area contributed by atoms with Crippen LogP contribution in [0.2, 0.25) is 0 Å². The second-order valence-corrected chi connectivity index (χ2v) is 9.86. The number of aromatic nitrogens is 2. The van der Waals surface area contributed by atoms with E-state index in [9.17, 15) is 13.9 Å². The van der Waals surface area contributed by atoms with Gasteiger partial charge in [0.2, 0.25) is 0 Å². The van der Waals surface area contributed by atoms with Gasteiger partial charge in [0, 0.05) is 23.8 Å². The lowest BCUT2D eigenvalue weighted by atomic mass is 10.1. The molecule has 1 aromatic heterocycles. The van der Waals surface area contributed by atoms with E-state index in [-0.39, 0.29) is 24.1 Å². The smallest absolute Gasteiger partial charge is 0.191 e. The Morgan fingerprint density at radius 3 is 2.74 bits per heavy atom. The Bertz CT molecular complexity index is 952. The number of rotatable bonds is 8. The average Bonchev–Trinajstić information content (AvgIpc) is 3.45. The van der Waals surface area contributed by atoms with Crippen molar-refractivity contribution >= 4 is 38.5 Å². The highest BCUT2D eigenvalue weighted by Gasteiger charge is 2.43. The summed E-state index contributed by atoms with van der Waals surface area (Å²) in [5.41, 5.74) is 7.68. The molecule has 2 aromatic rings. The zero-order chi connectivity index (χ0) is 22.1. The van der Waals surface area contributed by atoms with E-state index in [1.54, 1.807) is 17.8 Å². The molecule has 6 nitrogen and oxygen atoms in total. The van der Waals surface area contributed by atoms with E-state index in [1.165, 1.54) is 12.1 Å². The summed E-state index contributed by atoms with van der Waals surface area (Å²) in [4.78, 5) is 9.32. The molecular weight excluding hydrogens is 439 g/mol. The fourth-order valence-corrected chi connectivity index (χ4v) is 5.25. The molecule has 1 heterocycles. The minimum atomic E-state index is -0.839. The van der Waals surface area contributed by atoms with Crippen molar-refractivity contribution in [3.63, 3.8) is 0 Å². The molecule has 168 valence electrons. The molecule has 2 aliphatic rings. The Labute approximate surface area is 187 Å². The summed E-state index contributed by atoms with van der Waals surface area (Å²) in [6.07, 6.45) is 3.80. The van der Waals surface area contributed by atoms with Crippen LogP contribution in [0.1, 0.15) is 50.5 Å². The van der Waals surface area contributed by atoms with Gasteiger partial charge in [-0.15, -0.1) is 0 Å². The van der Waals surface area contributed by atoms with Crippen LogP contribution in [0, 0.1) is 11.6 Å². The van der Waals surface area contributed by atoms with Gasteiger partial charge in [-0.3, -0.25) is 0 Å². The van der Waals surface area contributed by atoms with E-state index in [0.29, 0.717) is 28.9 Å². The minimum Gasteiger partial charge on any atom is -0.393 e. The first kappa shape index (κ1) is 22.5. The Kier molecular flexibility index (Phi) is 6.84. The molecule has 0 saturated heterocycles. The molecule has 0 bridgehead atoms. The van der Waals surface area contributed by atoms with Crippen LogP contribution in [0.3, 0.4) is 0 Å². The van der Waals surface area contributed by atoms with E-state index >= 15 is 0 Å². The Morgan fingerprint density at radius 1 is 1.26 bits per heavy atom. The highest BCUT2D eigenvalue weighted by Crippen LogP contribution is 2.49. The van der Waals surface area contributed by atoms with Gasteiger partial charge in [-0.25, -0.2) is 18.7 Å². The fourth-order valence-electron chi connectivity index (χ4n) is 4.03. The van der Waals surface area contributed by atoms with Crippen molar-refractivity contribution in [2.75, 3.05) is 21.5 Å². The maximum Gasteiger partial charge on any atom is 0.191 e. The number of thioether (sulfide) groups is 1. The molecule has 0 spiro atoms. The molecule has 2 saturated carbocycles. The Balaban J connectivity index is 1.57. The maximum absolute atomic E-state index is 13.7. The third-order valence-electron chi connectivity index (χ3n) is 5.82. The van der Waals surface area contributed by atoms with Crippen LogP contribution in [0.5, 0.6) is 0 Å². The molecule has 1 aromatic carbocycles. The number of nitrogens with zero attached hydrogens (tertiary/aromatic N) is 3. The van der Waals surface area contributed by atoms with Gasteiger partial charge < -0.3 is 20.8 Å². The lowest BCUT2D eigenvalue weighted by Crippen LogP contribution is -2.22. The predicted molar refractivity (Wildman–Crippen MR) is 124 cm³/mol. The lowest BCUT2D eigenvalue weighted by Gasteiger charge is -2.23. The van der Waals surface area contributed by atoms with E-state index < -0.39 is 11.6 Å². The van der Waals surface area contributed by atoms with Crippen LogP contribution in [-0.2, 0) is 0 Å². The maximum atomic E-state index is 13.7. The highest BCUT2D eigenvalue weighted by molar-refractivity contribution is 7.99. The van der Waals surface area contributed by atoms with Gasteiger partial charge in [-0.05, 0) is 59.2 Å². The van der Waals surface area contributed by atoms with E-state index in [2.05, 4.69) is 31.6 Å². The Morgan fingerprint density at radius 2 is 2.06 bits per heavy atom. The highest BCUT2D eigenvalue weighted by atomic mass is 32.2. The van der Waals surface area contributed by atoms with Crippen molar-refractivity contribution in [1.82, 2.24) is 9.97 Å². The number of hydrogen-bond acceptors (Lipinski definition) is 7. The van der Waals surface area contributed by atoms with E-state index in [1.807, 2.05) is 4.67 Å². The zero-order valence-electron chi connectivity index (χ0n) is 17.4. The van der Waals surface area contributed by atoms with Crippen molar-refractivity contribution < 1.29 is 13.9 Å². The van der Waals surface area contributed by atoms with Crippen LogP contribution in [0.25, 0.3) is 0 Å². The van der Waals surface area contributed by atoms with Crippen LogP contribution < -0.4 is 15.7 Å². The summed E-state index contributed by atoms with van der Waals surface area (Å²) >= 11 is 1.57. The molecule has 2 fully saturated rings. The first-order chi connectivity index (χ1) is 14.9. The van der Waals surface area contributed by atoms with Crippen LogP contribution in [0.15, 0.2) is 23.4 Å². The van der Waals surface area contributed by atoms with Crippen molar-refractivity contribution in [3.05, 3.63) is 35.4 Å². The number of hydrogen-bond donors (Lipinski definition) is 3. The number of aliphatic hydroxyl groups is 1. The third-order valence-corrected chi connectivity index (χ3v) is 7.50. The molecule has 10 heteroatoms. The van der Waals surface area contributed by atoms with Gasteiger partial charge in [0.15, 0.2) is 28.4 Å². The topological polar surface area (TPSA) is 87.3 Å². The summed E-state index contributed by atoms with van der Waals surface area (Å²) < 4.78 is 28.9. The van der Waals surface area contributed by atoms with Crippen LogP contribution in [-0.4, -0.2) is 39.0 Å². The van der Waals surface area contributed by atoms with Gasteiger partial charge in [-0.2, -0.15) is 0 Å². The second kappa shape index (κ2) is 9.43. The van der Waals surface area contributed by atoms with Gasteiger partial charge >= 0.3 is 0 Å². The molecule has 0 aliphatic heterocycles. The van der Waals surface area contributed by atoms with Gasteiger partial charge in [-0.1, -0.05) is 24.8 Å². The number of halogens is 2. The molecule has 4 unspecified atom stereocenters. The van der Waals surface area contributed by atoms with Crippen molar-refractivity contribution in [2.45, 2.75) is 68.3 Å². The summed E-state index contributed by atoms with van der Waals surface area (Å²) in [6.45, 7) is 2.10. The molecule has 2 aliphatic carbocycles. The molecule has 5 atom stereocenters. The summed E-state index contributed by atoms with van der Waals surface area (Å²) in [7, 11) is 2.68. The molecular formula is C21H28F2N5OPS. The van der Waals surface area contributed by atoms with Gasteiger partial charge in [0.25, 0.3) is 0 Å². The van der Waals surface area contributed by atoms with Crippen molar-refractivity contribution in [1.29, 1.82) is 0 Å². The number of nitrogens with one attached hydrogen (secondary N) is 1. The van der Waals surface area contributed by atoms with Crippen molar-refractivity contribution in [3.8, 4) is 0 Å². The predicted octanol–water partition coefficient (Wildman–Crippen LogP) is 4.32. The first-order valence-electron chi connectivity index (χ1n) is 10.6. The van der Waals surface area contributed by atoms with Crippen LogP contribution >= 0.6 is 21.2 Å².